The minimum Gasteiger partial charge on any atom is -0.176 e. The third-order valence-corrected chi connectivity index (χ3v) is 2.91. The Balaban J connectivity index is 3.24. The van der Waals surface area contributed by atoms with Gasteiger partial charge in [-0.3, -0.25) is 0 Å². The standard InChI is InChI=1S/C10H22S/c1-8(2)6-5-7-10(11)9(3)4/h8-11H,5-7H2,1-4H3. The van der Waals surface area contributed by atoms with Gasteiger partial charge in [0.25, 0.3) is 0 Å². The Morgan fingerprint density at radius 3 is 1.91 bits per heavy atom. The zero-order valence-electron chi connectivity index (χ0n) is 8.30. The van der Waals surface area contributed by atoms with Crippen LogP contribution in [0, 0.1) is 11.8 Å². The molecule has 11 heavy (non-hydrogen) atoms. The van der Waals surface area contributed by atoms with E-state index >= 15 is 0 Å². The summed E-state index contributed by atoms with van der Waals surface area (Å²) in [4.78, 5) is 0. The number of hydrogen-bond donors (Lipinski definition) is 1. The molecule has 0 aromatic rings. The number of thiol groups is 1. The molecule has 0 saturated carbocycles. The van der Waals surface area contributed by atoms with Gasteiger partial charge in [-0.1, -0.05) is 40.5 Å². The molecule has 0 aromatic heterocycles. The van der Waals surface area contributed by atoms with Crippen LogP contribution >= 0.6 is 12.6 Å². The van der Waals surface area contributed by atoms with E-state index in [-0.39, 0.29) is 0 Å². The molecule has 1 heteroatoms. The van der Waals surface area contributed by atoms with Crippen LogP contribution in [0.5, 0.6) is 0 Å². The van der Waals surface area contributed by atoms with Crippen LogP contribution in [0.1, 0.15) is 47.0 Å². The molecule has 0 fully saturated rings. The van der Waals surface area contributed by atoms with Gasteiger partial charge >= 0.3 is 0 Å². The molecule has 68 valence electrons. The Morgan fingerprint density at radius 2 is 1.55 bits per heavy atom. The molecular weight excluding hydrogens is 152 g/mol. The van der Waals surface area contributed by atoms with Gasteiger partial charge in [0.2, 0.25) is 0 Å². The van der Waals surface area contributed by atoms with Crippen molar-refractivity contribution in [2.45, 2.75) is 52.2 Å². The lowest BCUT2D eigenvalue weighted by molar-refractivity contribution is 0.495. The number of hydrogen-bond acceptors (Lipinski definition) is 1. The van der Waals surface area contributed by atoms with Crippen LogP contribution in [0.3, 0.4) is 0 Å². The van der Waals surface area contributed by atoms with Crippen LogP contribution in [0.2, 0.25) is 0 Å². The van der Waals surface area contributed by atoms with Crippen molar-refractivity contribution in [3.05, 3.63) is 0 Å². The monoisotopic (exact) mass is 174 g/mol. The van der Waals surface area contributed by atoms with Gasteiger partial charge in [-0.05, 0) is 18.3 Å². The highest BCUT2D eigenvalue weighted by atomic mass is 32.1. The lowest BCUT2D eigenvalue weighted by Gasteiger charge is -2.14. The average Bonchev–Trinajstić information content (AvgIpc) is 1.86. The molecule has 0 bridgehead atoms. The first-order chi connectivity index (χ1) is 5.04. The molecule has 0 saturated heterocycles. The summed E-state index contributed by atoms with van der Waals surface area (Å²) in [5.74, 6) is 1.58. The van der Waals surface area contributed by atoms with Gasteiger partial charge in [0.1, 0.15) is 0 Å². The summed E-state index contributed by atoms with van der Waals surface area (Å²) in [5, 5.41) is 0.605. The van der Waals surface area contributed by atoms with E-state index in [1.165, 1.54) is 19.3 Å². The van der Waals surface area contributed by atoms with Gasteiger partial charge in [0.05, 0.1) is 0 Å². The minimum absolute atomic E-state index is 0.605. The van der Waals surface area contributed by atoms with E-state index in [2.05, 4.69) is 40.3 Å². The zero-order valence-corrected chi connectivity index (χ0v) is 9.20. The van der Waals surface area contributed by atoms with E-state index in [4.69, 9.17) is 0 Å². The van der Waals surface area contributed by atoms with E-state index in [1.807, 2.05) is 0 Å². The summed E-state index contributed by atoms with van der Waals surface area (Å²) in [5.41, 5.74) is 0. The van der Waals surface area contributed by atoms with E-state index < -0.39 is 0 Å². The van der Waals surface area contributed by atoms with Crippen LogP contribution in [0.15, 0.2) is 0 Å². The second-order valence-electron chi connectivity index (χ2n) is 4.14. The Morgan fingerprint density at radius 1 is 1.00 bits per heavy atom. The maximum atomic E-state index is 4.53. The van der Waals surface area contributed by atoms with Crippen molar-refractivity contribution < 1.29 is 0 Å². The first kappa shape index (κ1) is 11.4. The average molecular weight is 174 g/mol. The van der Waals surface area contributed by atoms with Crippen LogP contribution < -0.4 is 0 Å². The van der Waals surface area contributed by atoms with Gasteiger partial charge in [0.15, 0.2) is 0 Å². The smallest absolute Gasteiger partial charge is 0.00398 e. The normalized spacial score (nSPS) is 14.5. The second kappa shape index (κ2) is 5.93. The molecule has 0 nitrogen and oxygen atoms in total. The molecule has 1 atom stereocenters. The van der Waals surface area contributed by atoms with Crippen LogP contribution in [0.4, 0.5) is 0 Å². The molecule has 0 aliphatic carbocycles. The van der Waals surface area contributed by atoms with Crippen LogP contribution in [-0.4, -0.2) is 5.25 Å². The Labute approximate surface area is 77.2 Å². The quantitative estimate of drug-likeness (QED) is 0.603. The lowest BCUT2D eigenvalue weighted by Crippen LogP contribution is -2.07. The van der Waals surface area contributed by atoms with Gasteiger partial charge in [-0.2, -0.15) is 12.6 Å². The summed E-state index contributed by atoms with van der Waals surface area (Å²) in [6.07, 6.45) is 3.97. The molecule has 0 spiro atoms. The van der Waals surface area contributed by atoms with E-state index in [1.54, 1.807) is 0 Å². The first-order valence-corrected chi connectivity index (χ1v) is 5.23. The van der Waals surface area contributed by atoms with Gasteiger partial charge in [0, 0.05) is 5.25 Å². The lowest BCUT2D eigenvalue weighted by atomic mass is 10.0. The van der Waals surface area contributed by atoms with Gasteiger partial charge in [-0.15, -0.1) is 0 Å². The number of rotatable bonds is 5. The molecule has 0 radical (unpaired) electrons. The fourth-order valence-corrected chi connectivity index (χ4v) is 1.25. The molecule has 1 unspecified atom stereocenters. The van der Waals surface area contributed by atoms with Crippen molar-refractivity contribution in [2.75, 3.05) is 0 Å². The highest BCUT2D eigenvalue weighted by Crippen LogP contribution is 2.17. The first-order valence-electron chi connectivity index (χ1n) is 4.72. The molecular formula is C10H22S. The Hall–Kier alpha value is 0.350. The fourth-order valence-electron chi connectivity index (χ4n) is 1.07. The van der Waals surface area contributed by atoms with Crippen molar-refractivity contribution in [1.29, 1.82) is 0 Å². The van der Waals surface area contributed by atoms with Crippen LogP contribution in [-0.2, 0) is 0 Å². The summed E-state index contributed by atoms with van der Waals surface area (Å²) < 4.78 is 0. The molecule has 0 N–H and O–H groups in total. The Bertz CT molecular complexity index is 86.9. The van der Waals surface area contributed by atoms with E-state index in [0.29, 0.717) is 5.25 Å². The maximum absolute atomic E-state index is 4.53. The highest BCUT2D eigenvalue weighted by Gasteiger charge is 2.07. The maximum Gasteiger partial charge on any atom is 0.00398 e. The summed E-state index contributed by atoms with van der Waals surface area (Å²) >= 11 is 4.53. The van der Waals surface area contributed by atoms with Crippen molar-refractivity contribution in [3.8, 4) is 0 Å². The molecule has 0 heterocycles. The molecule has 0 aliphatic heterocycles. The van der Waals surface area contributed by atoms with Crippen molar-refractivity contribution >= 4 is 12.6 Å². The van der Waals surface area contributed by atoms with Crippen molar-refractivity contribution in [2.24, 2.45) is 11.8 Å². The third kappa shape index (κ3) is 6.74. The van der Waals surface area contributed by atoms with E-state index in [9.17, 15) is 0 Å². The van der Waals surface area contributed by atoms with Gasteiger partial charge in [-0.25, -0.2) is 0 Å². The van der Waals surface area contributed by atoms with E-state index in [0.717, 1.165) is 11.8 Å². The minimum atomic E-state index is 0.605. The second-order valence-corrected chi connectivity index (χ2v) is 4.80. The highest BCUT2D eigenvalue weighted by molar-refractivity contribution is 7.81. The molecule has 0 aliphatic rings. The largest absolute Gasteiger partial charge is 0.176 e. The fraction of sp³-hybridized carbons (Fsp3) is 1.00. The van der Waals surface area contributed by atoms with Crippen LogP contribution in [0.25, 0.3) is 0 Å². The molecule has 0 aromatic carbocycles. The third-order valence-electron chi connectivity index (χ3n) is 2.05. The molecule has 0 rings (SSSR count). The molecule has 0 amide bonds. The Kier molecular flexibility index (Phi) is 6.12. The topological polar surface area (TPSA) is 0 Å². The summed E-state index contributed by atoms with van der Waals surface area (Å²) in [6, 6.07) is 0. The van der Waals surface area contributed by atoms with Crippen molar-refractivity contribution in [3.63, 3.8) is 0 Å². The summed E-state index contributed by atoms with van der Waals surface area (Å²) in [7, 11) is 0. The van der Waals surface area contributed by atoms with Gasteiger partial charge < -0.3 is 0 Å². The zero-order chi connectivity index (χ0) is 8.85. The van der Waals surface area contributed by atoms with Crippen molar-refractivity contribution in [1.82, 2.24) is 0 Å². The SMILES string of the molecule is CC(C)CCCC(S)C(C)C. The summed E-state index contributed by atoms with van der Waals surface area (Å²) in [6.45, 7) is 9.05. The predicted octanol–water partition coefficient (Wildman–Crippen LogP) is 3.77. The predicted molar refractivity (Wildman–Crippen MR) is 56.3 cm³/mol.